The Bertz CT molecular complexity index is 804. The van der Waals surface area contributed by atoms with E-state index in [4.69, 9.17) is 28.4 Å². The Morgan fingerprint density at radius 3 is 2.34 bits per heavy atom. The fourth-order valence-electron chi connectivity index (χ4n) is 3.43. The Labute approximate surface area is 170 Å². The first kappa shape index (κ1) is 21.7. The molecule has 8 heteroatoms. The molecule has 29 heavy (non-hydrogen) atoms. The molecular formula is C21H28O8. The van der Waals surface area contributed by atoms with Crippen LogP contribution in [0.4, 0.5) is 0 Å². The summed E-state index contributed by atoms with van der Waals surface area (Å²) >= 11 is 0. The van der Waals surface area contributed by atoms with Gasteiger partial charge in [-0.25, -0.2) is 4.79 Å². The number of cyclic esters (lactones) is 1. The summed E-state index contributed by atoms with van der Waals surface area (Å²) in [6, 6.07) is 5.28. The number of carbonyl (C=O) groups is 1. The second-order valence-corrected chi connectivity index (χ2v) is 7.69. The van der Waals surface area contributed by atoms with E-state index in [1.165, 1.54) is 14.2 Å². The second kappa shape index (κ2) is 7.70. The maximum Gasteiger partial charge on any atom is 0.345 e. The third kappa shape index (κ3) is 3.91. The van der Waals surface area contributed by atoms with Crippen molar-refractivity contribution in [2.45, 2.75) is 57.3 Å². The maximum absolute atomic E-state index is 12.5. The van der Waals surface area contributed by atoms with Gasteiger partial charge in [0.15, 0.2) is 0 Å². The van der Waals surface area contributed by atoms with Gasteiger partial charge >= 0.3 is 5.97 Å². The van der Waals surface area contributed by atoms with E-state index in [2.05, 4.69) is 0 Å². The van der Waals surface area contributed by atoms with Crippen LogP contribution in [-0.2, 0) is 23.7 Å². The predicted octanol–water partition coefficient (Wildman–Crippen LogP) is 2.49. The molecule has 1 saturated heterocycles. The summed E-state index contributed by atoms with van der Waals surface area (Å²) in [6.07, 6.45) is 2.07. The van der Waals surface area contributed by atoms with Gasteiger partial charge in [0.05, 0.1) is 6.61 Å². The lowest BCUT2D eigenvalue weighted by Gasteiger charge is -2.51. The number of aliphatic hydroxyl groups excluding tert-OH is 1. The molecule has 0 bridgehead atoms. The van der Waals surface area contributed by atoms with Crippen LogP contribution in [0.3, 0.4) is 0 Å². The molecule has 0 aromatic heterocycles. The molecule has 1 fully saturated rings. The summed E-state index contributed by atoms with van der Waals surface area (Å²) in [4.78, 5) is 12.5. The van der Waals surface area contributed by atoms with Crippen LogP contribution < -0.4 is 4.74 Å². The van der Waals surface area contributed by atoms with Gasteiger partial charge in [-0.1, -0.05) is 24.3 Å². The van der Waals surface area contributed by atoms with E-state index in [1.807, 2.05) is 0 Å². The number of ether oxygens (including phenoxy) is 6. The summed E-state index contributed by atoms with van der Waals surface area (Å²) in [5, 5.41) is 9.79. The van der Waals surface area contributed by atoms with Crippen LogP contribution in [0.2, 0.25) is 0 Å². The molecular weight excluding hydrogens is 380 g/mol. The third-order valence-corrected chi connectivity index (χ3v) is 5.31. The Morgan fingerprint density at radius 1 is 1.07 bits per heavy atom. The fourth-order valence-corrected chi connectivity index (χ4v) is 3.43. The Kier molecular flexibility index (Phi) is 5.77. The van der Waals surface area contributed by atoms with Gasteiger partial charge in [-0.2, -0.15) is 0 Å². The standard InChI is InChI=1S/C21H28O8/c1-19(2)26-15-9-7-8-13(17(15)18(23)29-19)10-11-14-16(12-22)28-21(4,25-6)20(3,24-5)27-14/h7-11,14,16,22H,12H2,1-6H3/b11-10+/t14-,16-,20+,21+/m0/s1. The van der Waals surface area contributed by atoms with Crippen LogP contribution in [-0.4, -0.2) is 61.5 Å². The van der Waals surface area contributed by atoms with Crippen molar-refractivity contribution in [1.29, 1.82) is 0 Å². The molecule has 0 amide bonds. The highest BCUT2D eigenvalue weighted by molar-refractivity contribution is 5.97. The minimum absolute atomic E-state index is 0.292. The SMILES string of the molecule is CO[C@]1(C)O[C@@H](/C=C/c2cccc3c2C(=O)OC(C)(C)O3)[C@H](CO)O[C@@]1(C)OC. The summed E-state index contributed by atoms with van der Waals surface area (Å²) < 4.78 is 34.1. The zero-order valence-electron chi connectivity index (χ0n) is 17.6. The molecule has 0 saturated carbocycles. The van der Waals surface area contributed by atoms with Crippen molar-refractivity contribution < 1.29 is 38.3 Å². The normalized spacial score (nSPS) is 33.8. The van der Waals surface area contributed by atoms with Gasteiger partial charge in [-0.3, -0.25) is 0 Å². The zero-order valence-corrected chi connectivity index (χ0v) is 17.6. The van der Waals surface area contributed by atoms with E-state index in [1.54, 1.807) is 58.0 Å². The largest absolute Gasteiger partial charge is 0.452 e. The predicted molar refractivity (Wildman–Crippen MR) is 103 cm³/mol. The molecule has 0 aliphatic carbocycles. The first-order valence-electron chi connectivity index (χ1n) is 9.38. The van der Waals surface area contributed by atoms with Gasteiger partial charge in [-0.05, 0) is 25.5 Å². The minimum Gasteiger partial charge on any atom is -0.452 e. The molecule has 0 radical (unpaired) electrons. The minimum atomic E-state index is -1.22. The molecule has 0 unspecified atom stereocenters. The molecule has 2 heterocycles. The van der Waals surface area contributed by atoms with Gasteiger partial charge < -0.3 is 33.5 Å². The second-order valence-electron chi connectivity index (χ2n) is 7.69. The van der Waals surface area contributed by atoms with Gasteiger partial charge in [-0.15, -0.1) is 0 Å². The summed E-state index contributed by atoms with van der Waals surface area (Å²) in [7, 11) is 2.97. The average Bonchev–Trinajstić information content (AvgIpc) is 2.67. The lowest BCUT2D eigenvalue weighted by atomic mass is 10.0. The van der Waals surface area contributed by atoms with Gasteiger partial charge in [0.2, 0.25) is 17.4 Å². The van der Waals surface area contributed by atoms with Crippen molar-refractivity contribution >= 4 is 12.0 Å². The Morgan fingerprint density at radius 2 is 1.72 bits per heavy atom. The number of carbonyl (C=O) groups excluding carboxylic acids is 1. The van der Waals surface area contributed by atoms with E-state index < -0.39 is 35.5 Å². The number of benzene rings is 1. The zero-order chi connectivity index (χ0) is 21.4. The van der Waals surface area contributed by atoms with E-state index in [9.17, 15) is 9.90 Å². The number of aliphatic hydroxyl groups is 1. The average molecular weight is 408 g/mol. The molecule has 1 N–H and O–H groups in total. The molecule has 2 aliphatic rings. The molecule has 3 rings (SSSR count). The molecule has 160 valence electrons. The first-order chi connectivity index (χ1) is 13.6. The summed E-state index contributed by atoms with van der Waals surface area (Å²) in [6.45, 7) is 6.44. The van der Waals surface area contributed by atoms with E-state index >= 15 is 0 Å². The van der Waals surface area contributed by atoms with Crippen molar-refractivity contribution in [3.05, 3.63) is 35.4 Å². The number of hydrogen-bond acceptors (Lipinski definition) is 8. The van der Waals surface area contributed by atoms with Crippen molar-refractivity contribution in [2.75, 3.05) is 20.8 Å². The smallest absolute Gasteiger partial charge is 0.345 e. The number of esters is 1. The van der Waals surface area contributed by atoms with Crippen molar-refractivity contribution in [1.82, 2.24) is 0 Å². The molecule has 1 aromatic carbocycles. The van der Waals surface area contributed by atoms with Gasteiger partial charge in [0, 0.05) is 28.1 Å². The van der Waals surface area contributed by atoms with E-state index in [0.29, 0.717) is 16.9 Å². The molecule has 4 atom stereocenters. The van der Waals surface area contributed by atoms with Crippen LogP contribution in [0.1, 0.15) is 43.6 Å². The molecule has 0 spiro atoms. The van der Waals surface area contributed by atoms with E-state index in [0.717, 1.165) is 0 Å². The number of fused-ring (bicyclic) bond motifs is 1. The third-order valence-electron chi connectivity index (χ3n) is 5.31. The lowest BCUT2D eigenvalue weighted by Crippen LogP contribution is -2.65. The maximum atomic E-state index is 12.5. The highest BCUT2D eigenvalue weighted by Crippen LogP contribution is 2.40. The van der Waals surface area contributed by atoms with Crippen LogP contribution in [0.25, 0.3) is 6.08 Å². The summed E-state index contributed by atoms with van der Waals surface area (Å²) in [5.74, 6) is -3.48. The Balaban J connectivity index is 1.91. The van der Waals surface area contributed by atoms with Crippen molar-refractivity contribution in [3.8, 4) is 5.75 Å². The first-order valence-corrected chi connectivity index (χ1v) is 9.38. The molecule has 2 aliphatic heterocycles. The van der Waals surface area contributed by atoms with Crippen LogP contribution >= 0.6 is 0 Å². The van der Waals surface area contributed by atoms with Crippen molar-refractivity contribution in [3.63, 3.8) is 0 Å². The molecule has 1 aromatic rings. The van der Waals surface area contributed by atoms with Crippen LogP contribution in [0, 0.1) is 0 Å². The monoisotopic (exact) mass is 408 g/mol. The van der Waals surface area contributed by atoms with Crippen LogP contribution in [0.5, 0.6) is 5.75 Å². The fraction of sp³-hybridized carbons (Fsp3) is 0.571. The van der Waals surface area contributed by atoms with E-state index in [-0.39, 0.29) is 6.61 Å². The topological polar surface area (TPSA) is 92.7 Å². The number of hydrogen-bond donors (Lipinski definition) is 1. The quantitative estimate of drug-likeness (QED) is 0.743. The molecule has 8 nitrogen and oxygen atoms in total. The van der Waals surface area contributed by atoms with Crippen molar-refractivity contribution in [2.24, 2.45) is 0 Å². The highest BCUT2D eigenvalue weighted by atomic mass is 16.8. The van der Waals surface area contributed by atoms with Gasteiger partial charge in [0.1, 0.15) is 23.5 Å². The van der Waals surface area contributed by atoms with Crippen LogP contribution in [0.15, 0.2) is 24.3 Å². The highest BCUT2D eigenvalue weighted by Gasteiger charge is 2.56. The summed E-state index contributed by atoms with van der Waals surface area (Å²) in [5.41, 5.74) is 0.930. The number of rotatable bonds is 5. The van der Waals surface area contributed by atoms with Gasteiger partial charge in [0.25, 0.3) is 0 Å². The number of methoxy groups -OCH3 is 2. The Hall–Kier alpha value is -1.97. The lowest BCUT2D eigenvalue weighted by molar-refractivity contribution is -0.444.